The fourth-order valence-electron chi connectivity index (χ4n) is 2.07. The van der Waals surface area contributed by atoms with Gasteiger partial charge in [-0.2, -0.15) is 0 Å². The lowest BCUT2D eigenvalue weighted by molar-refractivity contribution is -0.131. The van der Waals surface area contributed by atoms with Gasteiger partial charge in [0.1, 0.15) is 0 Å². The Balaban J connectivity index is 2.41. The second-order valence-electron chi connectivity index (χ2n) is 5.80. The summed E-state index contributed by atoms with van der Waals surface area (Å²) in [5.74, 6) is -0.662. The van der Waals surface area contributed by atoms with Crippen molar-refractivity contribution in [3.05, 3.63) is 29.8 Å². The predicted molar refractivity (Wildman–Crippen MR) is 93.7 cm³/mol. The van der Waals surface area contributed by atoms with Crippen LogP contribution in [0.4, 0.5) is 5.69 Å². The van der Waals surface area contributed by atoms with Gasteiger partial charge in [-0.25, -0.2) is 0 Å². The van der Waals surface area contributed by atoms with Crippen molar-refractivity contribution in [3.8, 4) is 0 Å². The number of anilines is 1. The topological polar surface area (TPSA) is 81.8 Å². The van der Waals surface area contributed by atoms with Crippen molar-refractivity contribution in [2.45, 2.75) is 13.3 Å². The van der Waals surface area contributed by atoms with E-state index in [2.05, 4.69) is 10.6 Å². The van der Waals surface area contributed by atoms with Crippen molar-refractivity contribution < 1.29 is 14.4 Å². The van der Waals surface area contributed by atoms with Crippen LogP contribution < -0.4 is 10.6 Å². The molecule has 0 fully saturated rings. The van der Waals surface area contributed by atoms with Gasteiger partial charge >= 0.3 is 0 Å². The number of hydrogen-bond donors (Lipinski definition) is 2. The van der Waals surface area contributed by atoms with Gasteiger partial charge in [-0.05, 0) is 25.1 Å². The van der Waals surface area contributed by atoms with Gasteiger partial charge in [0.2, 0.25) is 17.7 Å². The molecular weight excluding hydrogens is 308 g/mol. The number of nitrogens with zero attached hydrogens (tertiary/aromatic N) is 2. The number of likely N-dealkylation sites (N-methyl/N-ethyl adjacent to an activating group) is 2. The minimum absolute atomic E-state index is 0.0452. The lowest BCUT2D eigenvalue weighted by Crippen LogP contribution is -2.42. The minimum atomic E-state index is -0.297. The SMILES string of the molecule is CCc1ccccc1NC(=O)CN(C)CC(=O)NCC(=O)N(C)C. The molecule has 0 radical (unpaired) electrons. The van der Waals surface area contributed by atoms with E-state index < -0.39 is 0 Å². The van der Waals surface area contributed by atoms with Crippen molar-refractivity contribution >= 4 is 23.4 Å². The smallest absolute Gasteiger partial charge is 0.241 e. The normalized spacial score (nSPS) is 10.4. The molecule has 132 valence electrons. The summed E-state index contributed by atoms with van der Waals surface area (Å²) in [6.45, 7) is 2.11. The number of benzene rings is 1. The summed E-state index contributed by atoms with van der Waals surface area (Å²) in [4.78, 5) is 38.3. The second-order valence-corrected chi connectivity index (χ2v) is 5.80. The van der Waals surface area contributed by atoms with E-state index in [-0.39, 0.29) is 37.4 Å². The highest BCUT2D eigenvalue weighted by atomic mass is 16.2. The molecule has 7 heteroatoms. The minimum Gasteiger partial charge on any atom is -0.347 e. The highest BCUT2D eigenvalue weighted by molar-refractivity contribution is 5.93. The molecule has 7 nitrogen and oxygen atoms in total. The van der Waals surface area contributed by atoms with Gasteiger partial charge in [0, 0.05) is 19.8 Å². The average molecular weight is 334 g/mol. The number of hydrogen-bond acceptors (Lipinski definition) is 4. The van der Waals surface area contributed by atoms with Crippen LogP contribution in [0.2, 0.25) is 0 Å². The Morgan fingerprint density at radius 2 is 1.62 bits per heavy atom. The zero-order valence-electron chi connectivity index (χ0n) is 14.8. The van der Waals surface area contributed by atoms with Gasteiger partial charge in [0.05, 0.1) is 19.6 Å². The molecule has 1 rings (SSSR count). The first-order chi connectivity index (χ1) is 11.3. The molecule has 0 aliphatic carbocycles. The molecule has 24 heavy (non-hydrogen) atoms. The molecule has 0 heterocycles. The maximum Gasteiger partial charge on any atom is 0.241 e. The van der Waals surface area contributed by atoms with E-state index in [0.29, 0.717) is 0 Å². The fourth-order valence-corrected chi connectivity index (χ4v) is 2.07. The number of carbonyl (C=O) groups excluding carboxylic acids is 3. The molecular formula is C17H26N4O3. The molecule has 0 aliphatic rings. The summed E-state index contributed by atoms with van der Waals surface area (Å²) in [5.41, 5.74) is 1.85. The van der Waals surface area contributed by atoms with Gasteiger partial charge in [-0.3, -0.25) is 19.3 Å². The van der Waals surface area contributed by atoms with Crippen LogP contribution in [0.3, 0.4) is 0 Å². The zero-order valence-corrected chi connectivity index (χ0v) is 14.8. The van der Waals surface area contributed by atoms with Crippen LogP contribution in [-0.4, -0.2) is 68.3 Å². The summed E-state index contributed by atoms with van der Waals surface area (Å²) >= 11 is 0. The highest BCUT2D eigenvalue weighted by Gasteiger charge is 2.13. The Kier molecular flexibility index (Phi) is 7.91. The van der Waals surface area contributed by atoms with Crippen LogP contribution in [0, 0.1) is 0 Å². The highest BCUT2D eigenvalue weighted by Crippen LogP contribution is 2.15. The summed E-state index contributed by atoms with van der Waals surface area (Å²) in [6, 6.07) is 7.62. The Bertz CT molecular complexity index is 587. The van der Waals surface area contributed by atoms with E-state index in [1.165, 1.54) is 4.90 Å². The Hall–Kier alpha value is -2.41. The standard InChI is InChI=1S/C17H26N4O3/c1-5-13-8-6-7-9-14(13)19-16(23)12-21(4)11-15(22)18-10-17(24)20(2)3/h6-9H,5,10-12H2,1-4H3,(H,18,22)(H,19,23). The van der Waals surface area contributed by atoms with Gasteiger partial charge in [-0.1, -0.05) is 25.1 Å². The lowest BCUT2D eigenvalue weighted by Gasteiger charge is -2.17. The Labute approximate surface area is 143 Å². The van der Waals surface area contributed by atoms with Crippen molar-refractivity contribution in [1.82, 2.24) is 15.1 Å². The average Bonchev–Trinajstić information content (AvgIpc) is 2.52. The monoisotopic (exact) mass is 334 g/mol. The molecule has 0 atom stereocenters. The van der Waals surface area contributed by atoms with Crippen molar-refractivity contribution in [3.63, 3.8) is 0 Å². The third kappa shape index (κ3) is 6.78. The van der Waals surface area contributed by atoms with E-state index in [4.69, 9.17) is 0 Å². The van der Waals surface area contributed by atoms with E-state index in [0.717, 1.165) is 17.7 Å². The Morgan fingerprint density at radius 3 is 2.25 bits per heavy atom. The van der Waals surface area contributed by atoms with Gasteiger partial charge in [0.25, 0.3) is 0 Å². The largest absolute Gasteiger partial charge is 0.347 e. The van der Waals surface area contributed by atoms with Crippen molar-refractivity contribution in [2.24, 2.45) is 0 Å². The van der Waals surface area contributed by atoms with Gasteiger partial charge in [-0.15, -0.1) is 0 Å². The molecule has 0 saturated heterocycles. The first-order valence-corrected chi connectivity index (χ1v) is 7.86. The molecule has 0 aliphatic heterocycles. The van der Waals surface area contributed by atoms with Crippen LogP contribution in [0.1, 0.15) is 12.5 Å². The van der Waals surface area contributed by atoms with Crippen LogP contribution in [0.15, 0.2) is 24.3 Å². The molecule has 0 spiro atoms. The lowest BCUT2D eigenvalue weighted by atomic mass is 10.1. The number of amides is 3. The number of rotatable bonds is 8. The zero-order chi connectivity index (χ0) is 18.1. The third-order valence-corrected chi connectivity index (χ3v) is 3.43. The second kappa shape index (κ2) is 9.67. The van der Waals surface area contributed by atoms with Crippen molar-refractivity contribution in [2.75, 3.05) is 46.1 Å². The molecule has 0 aromatic heterocycles. The van der Waals surface area contributed by atoms with Gasteiger partial charge in [0.15, 0.2) is 0 Å². The summed E-state index contributed by atoms with van der Waals surface area (Å²) < 4.78 is 0. The van der Waals surface area contributed by atoms with Gasteiger partial charge < -0.3 is 15.5 Å². The predicted octanol–water partition coefficient (Wildman–Crippen LogP) is 0.324. The van der Waals surface area contributed by atoms with Crippen LogP contribution >= 0.6 is 0 Å². The molecule has 2 N–H and O–H groups in total. The number of para-hydroxylation sites is 1. The fraction of sp³-hybridized carbons (Fsp3) is 0.471. The van der Waals surface area contributed by atoms with E-state index in [1.54, 1.807) is 26.0 Å². The third-order valence-electron chi connectivity index (χ3n) is 3.43. The van der Waals surface area contributed by atoms with Crippen LogP contribution in [0.25, 0.3) is 0 Å². The number of carbonyl (C=O) groups is 3. The maximum atomic E-state index is 12.1. The summed E-state index contributed by atoms with van der Waals surface area (Å²) in [5, 5.41) is 5.39. The maximum absolute atomic E-state index is 12.1. The van der Waals surface area contributed by atoms with E-state index >= 15 is 0 Å². The first-order valence-electron chi connectivity index (χ1n) is 7.86. The van der Waals surface area contributed by atoms with Crippen molar-refractivity contribution in [1.29, 1.82) is 0 Å². The number of nitrogens with one attached hydrogen (secondary N) is 2. The molecule has 0 saturated carbocycles. The quantitative estimate of drug-likeness (QED) is 0.717. The van der Waals surface area contributed by atoms with E-state index in [9.17, 15) is 14.4 Å². The molecule has 0 bridgehead atoms. The van der Waals surface area contributed by atoms with Crippen LogP contribution in [0.5, 0.6) is 0 Å². The van der Waals surface area contributed by atoms with Crippen LogP contribution in [-0.2, 0) is 20.8 Å². The molecule has 0 unspecified atom stereocenters. The summed E-state index contributed by atoms with van der Waals surface area (Å²) in [6.07, 6.45) is 0.828. The number of aryl methyl sites for hydroxylation is 1. The first kappa shape index (κ1) is 19.6. The molecule has 3 amide bonds. The Morgan fingerprint density at radius 1 is 1.00 bits per heavy atom. The summed E-state index contributed by atoms with van der Waals surface area (Å²) in [7, 11) is 4.93. The van der Waals surface area contributed by atoms with E-state index in [1.807, 2.05) is 31.2 Å². The molecule has 1 aromatic rings. The molecule has 1 aromatic carbocycles.